The fraction of sp³-hybridized carbons (Fsp3) is 0.500. The summed E-state index contributed by atoms with van der Waals surface area (Å²) in [6.07, 6.45) is 2.54. The zero-order valence-corrected chi connectivity index (χ0v) is 20.9. The van der Waals surface area contributed by atoms with E-state index < -0.39 is 0 Å². The van der Waals surface area contributed by atoms with E-state index in [0.29, 0.717) is 24.6 Å². The van der Waals surface area contributed by atoms with Crippen molar-refractivity contribution in [2.75, 3.05) is 7.05 Å². The van der Waals surface area contributed by atoms with Crippen LogP contribution in [0.15, 0.2) is 33.8 Å². The molecule has 1 amide bonds. The number of carbonyl (C=O) groups excluding carboxylic acids is 1. The number of aliphatic imine (C=N–C) groups is 1. The molecular weight excluding hydrogens is 493 g/mol. The highest BCUT2D eigenvalue weighted by atomic mass is 127. The maximum Gasteiger partial charge on any atom is 0.251 e. The number of aryl methyl sites for hydroxylation is 2. The van der Waals surface area contributed by atoms with Crippen LogP contribution in [-0.4, -0.2) is 30.1 Å². The summed E-state index contributed by atoms with van der Waals surface area (Å²) in [6.45, 7) is 9.35. The largest absolute Gasteiger partial charge is 0.361 e. The second kappa shape index (κ2) is 13.3. The Balaban J connectivity index is 0.00000450. The van der Waals surface area contributed by atoms with E-state index in [1.54, 1.807) is 7.05 Å². The third-order valence-corrected chi connectivity index (χ3v) is 4.90. The van der Waals surface area contributed by atoms with Crippen molar-refractivity contribution in [3.63, 3.8) is 0 Å². The second-order valence-electron chi connectivity index (χ2n) is 7.00. The number of hydrogen-bond acceptors (Lipinski definition) is 4. The van der Waals surface area contributed by atoms with Crippen LogP contribution in [0.1, 0.15) is 67.1 Å². The SMILES string of the molecule is CCc1noc(CC)c1CNC(=NC)NCc1cccc(C(=O)NC(C)CC)c1.I. The molecule has 0 aliphatic carbocycles. The molecule has 1 aromatic carbocycles. The number of halogens is 1. The third kappa shape index (κ3) is 7.30. The molecule has 0 bridgehead atoms. The monoisotopic (exact) mass is 527 g/mol. The van der Waals surface area contributed by atoms with Gasteiger partial charge < -0.3 is 20.5 Å². The highest BCUT2D eigenvalue weighted by Crippen LogP contribution is 2.15. The van der Waals surface area contributed by atoms with Gasteiger partial charge in [-0.15, -0.1) is 24.0 Å². The molecule has 1 heterocycles. The van der Waals surface area contributed by atoms with Gasteiger partial charge in [0.2, 0.25) is 0 Å². The van der Waals surface area contributed by atoms with Crippen molar-refractivity contribution in [3.8, 4) is 0 Å². The Morgan fingerprint density at radius 3 is 2.53 bits per heavy atom. The van der Waals surface area contributed by atoms with Crippen LogP contribution in [-0.2, 0) is 25.9 Å². The van der Waals surface area contributed by atoms with Crippen LogP contribution in [0.3, 0.4) is 0 Å². The Morgan fingerprint density at radius 1 is 1.17 bits per heavy atom. The number of guanidine groups is 1. The van der Waals surface area contributed by atoms with E-state index in [-0.39, 0.29) is 35.9 Å². The average Bonchev–Trinajstić information content (AvgIpc) is 3.15. The summed E-state index contributed by atoms with van der Waals surface area (Å²) in [4.78, 5) is 16.6. The highest BCUT2D eigenvalue weighted by Gasteiger charge is 2.14. The molecule has 0 fully saturated rings. The van der Waals surface area contributed by atoms with Crippen LogP contribution >= 0.6 is 24.0 Å². The van der Waals surface area contributed by atoms with Gasteiger partial charge in [-0.05, 0) is 37.5 Å². The van der Waals surface area contributed by atoms with Gasteiger partial charge in [-0.2, -0.15) is 0 Å². The molecule has 0 saturated heterocycles. The van der Waals surface area contributed by atoms with Crippen molar-refractivity contribution in [2.45, 2.75) is 66.1 Å². The summed E-state index contributed by atoms with van der Waals surface area (Å²) >= 11 is 0. The van der Waals surface area contributed by atoms with E-state index in [9.17, 15) is 4.79 Å². The van der Waals surface area contributed by atoms with Gasteiger partial charge in [0.1, 0.15) is 5.76 Å². The lowest BCUT2D eigenvalue weighted by Crippen LogP contribution is -2.36. The Hall–Kier alpha value is -2.10. The topological polar surface area (TPSA) is 91.6 Å². The first-order valence-electron chi connectivity index (χ1n) is 10.3. The van der Waals surface area contributed by atoms with Gasteiger partial charge in [0, 0.05) is 43.7 Å². The number of rotatable bonds is 9. The standard InChI is InChI=1S/C22H33N5O2.HI/c1-6-15(4)26-21(28)17-11-9-10-16(12-17)13-24-22(23-5)25-14-18-19(7-2)27-29-20(18)8-3;/h9-12,15H,6-8,13-14H2,1-5H3,(H,26,28)(H2,23,24,25);1H. The molecule has 2 aromatic rings. The van der Waals surface area contributed by atoms with Crippen LogP contribution in [0, 0.1) is 0 Å². The molecule has 0 radical (unpaired) electrons. The molecule has 1 atom stereocenters. The van der Waals surface area contributed by atoms with Crippen LogP contribution in [0.2, 0.25) is 0 Å². The Kier molecular flexibility index (Phi) is 11.5. The van der Waals surface area contributed by atoms with E-state index in [1.807, 2.05) is 31.2 Å². The summed E-state index contributed by atoms with van der Waals surface area (Å²) in [5, 5.41) is 13.8. The lowest BCUT2D eigenvalue weighted by atomic mass is 10.1. The van der Waals surface area contributed by atoms with Gasteiger partial charge in [-0.3, -0.25) is 9.79 Å². The molecule has 0 aliphatic heterocycles. The highest BCUT2D eigenvalue weighted by molar-refractivity contribution is 14.0. The molecule has 8 heteroatoms. The predicted octanol–water partition coefficient (Wildman–Crippen LogP) is 3.81. The Labute approximate surface area is 196 Å². The zero-order chi connectivity index (χ0) is 21.2. The fourth-order valence-electron chi connectivity index (χ4n) is 2.95. The molecule has 0 aliphatic rings. The number of nitrogens with one attached hydrogen (secondary N) is 3. The zero-order valence-electron chi connectivity index (χ0n) is 18.5. The molecule has 1 aromatic heterocycles. The number of nitrogens with zero attached hydrogens (tertiary/aromatic N) is 2. The van der Waals surface area contributed by atoms with Crippen molar-refractivity contribution in [2.24, 2.45) is 4.99 Å². The molecule has 0 saturated carbocycles. The normalized spacial score (nSPS) is 12.1. The average molecular weight is 527 g/mol. The molecule has 7 nitrogen and oxygen atoms in total. The van der Waals surface area contributed by atoms with Gasteiger partial charge in [-0.25, -0.2) is 0 Å². The summed E-state index contributed by atoms with van der Waals surface area (Å²) in [5.74, 6) is 1.55. The van der Waals surface area contributed by atoms with Crippen LogP contribution < -0.4 is 16.0 Å². The van der Waals surface area contributed by atoms with Crippen LogP contribution in [0.25, 0.3) is 0 Å². The molecule has 1 unspecified atom stereocenters. The van der Waals surface area contributed by atoms with Crippen molar-refractivity contribution in [3.05, 3.63) is 52.4 Å². The van der Waals surface area contributed by atoms with Gasteiger partial charge in [0.05, 0.1) is 5.69 Å². The van der Waals surface area contributed by atoms with E-state index in [4.69, 9.17) is 4.52 Å². The minimum atomic E-state index is -0.0460. The van der Waals surface area contributed by atoms with E-state index in [0.717, 1.165) is 41.8 Å². The minimum absolute atomic E-state index is 0. The van der Waals surface area contributed by atoms with Crippen LogP contribution in [0.4, 0.5) is 0 Å². The number of hydrogen-bond donors (Lipinski definition) is 3. The Bertz CT molecular complexity index is 813. The first-order valence-corrected chi connectivity index (χ1v) is 10.3. The van der Waals surface area contributed by atoms with E-state index in [1.165, 1.54) is 0 Å². The van der Waals surface area contributed by atoms with Gasteiger partial charge in [-0.1, -0.05) is 38.1 Å². The maximum atomic E-state index is 12.3. The van der Waals surface area contributed by atoms with Crippen molar-refractivity contribution < 1.29 is 9.32 Å². The molecule has 30 heavy (non-hydrogen) atoms. The van der Waals surface area contributed by atoms with Crippen molar-refractivity contribution >= 4 is 35.8 Å². The van der Waals surface area contributed by atoms with E-state index >= 15 is 0 Å². The summed E-state index contributed by atoms with van der Waals surface area (Å²) < 4.78 is 5.41. The molecular formula is C22H34IN5O2. The van der Waals surface area contributed by atoms with E-state index in [2.05, 4.69) is 46.9 Å². The Morgan fingerprint density at radius 2 is 1.90 bits per heavy atom. The quantitative estimate of drug-likeness (QED) is 0.262. The number of aromatic nitrogens is 1. The van der Waals surface area contributed by atoms with Gasteiger partial charge in [0.25, 0.3) is 5.91 Å². The molecule has 166 valence electrons. The second-order valence-corrected chi connectivity index (χ2v) is 7.00. The first-order chi connectivity index (χ1) is 14.0. The predicted molar refractivity (Wildman–Crippen MR) is 131 cm³/mol. The fourth-order valence-corrected chi connectivity index (χ4v) is 2.95. The molecule has 2 rings (SSSR count). The summed E-state index contributed by atoms with van der Waals surface area (Å²) in [6, 6.07) is 7.79. The maximum absolute atomic E-state index is 12.3. The lowest BCUT2D eigenvalue weighted by molar-refractivity contribution is 0.0939. The minimum Gasteiger partial charge on any atom is -0.361 e. The number of benzene rings is 1. The van der Waals surface area contributed by atoms with Crippen LogP contribution in [0.5, 0.6) is 0 Å². The number of amides is 1. The van der Waals surface area contributed by atoms with Crippen molar-refractivity contribution in [1.82, 2.24) is 21.1 Å². The van der Waals surface area contributed by atoms with Crippen molar-refractivity contribution in [1.29, 1.82) is 0 Å². The summed E-state index contributed by atoms with van der Waals surface area (Å²) in [5.41, 5.74) is 3.75. The smallest absolute Gasteiger partial charge is 0.251 e. The van der Waals surface area contributed by atoms with Gasteiger partial charge in [0.15, 0.2) is 5.96 Å². The van der Waals surface area contributed by atoms with Gasteiger partial charge >= 0.3 is 0 Å². The lowest BCUT2D eigenvalue weighted by Gasteiger charge is -2.14. The molecule has 0 spiro atoms. The third-order valence-electron chi connectivity index (χ3n) is 4.90. The number of carbonyl (C=O) groups is 1. The molecule has 3 N–H and O–H groups in total. The first kappa shape index (κ1) is 25.9. The summed E-state index contributed by atoms with van der Waals surface area (Å²) in [7, 11) is 1.74.